The van der Waals surface area contributed by atoms with Gasteiger partial charge in [0.25, 0.3) is 0 Å². The van der Waals surface area contributed by atoms with E-state index in [0.717, 1.165) is 22.7 Å². The predicted octanol–water partition coefficient (Wildman–Crippen LogP) is 3.19. The smallest absolute Gasteiger partial charge is 0.172 e. The lowest BCUT2D eigenvalue weighted by molar-refractivity contribution is -0.131. The molecule has 0 saturated carbocycles. The molecule has 0 aliphatic carbocycles. The van der Waals surface area contributed by atoms with E-state index in [1.54, 1.807) is 11.3 Å². The van der Waals surface area contributed by atoms with Gasteiger partial charge in [-0.25, -0.2) is 4.98 Å². The monoisotopic (exact) mass is 287 g/mol. The molecule has 1 aromatic heterocycles. The van der Waals surface area contributed by atoms with E-state index in [1.807, 2.05) is 32.0 Å². The molecule has 104 valence electrons. The number of ether oxygens (including phenoxy) is 1. The number of carbonyl (C=O) groups excluding carboxylic acids is 1. The number of nitrogens with zero attached hydrogens (tertiary/aromatic N) is 1. The number of hydrogen-bond acceptors (Lipinski definition) is 4. The van der Waals surface area contributed by atoms with E-state index >= 15 is 0 Å². The van der Waals surface area contributed by atoms with E-state index in [1.165, 1.54) is 10.4 Å². The van der Waals surface area contributed by atoms with Crippen LogP contribution in [0.2, 0.25) is 0 Å². The number of rotatable bonds is 3. The van der Waals surface area contributed by atoms with Crippen molar-refractivity contribution in [3.8, 4) is 0 Å². The zero-order valence-electron chi connectivity index (χ0n) is 11.7. The lowest BCUT2D eigenvalue weighted by Gasteiger charge is -2.24. The van der Waals surface area contributed by atoms with Crippen LogP contribution in [0.1, 0.15) is 32.8 Å². The van der Waals surface area contributed by atoms with Crippen LogP contribution in [0.3, 0.4) is 0 Å². The van der Waals surface area contributed by atoms with Gasteiger partial charge in [0.1, 0.15) is 11.1 Å². The molecule has 0 amide bonds. The summed E-state index contributed by atoms with van der Waals surface area (Å²) in [6, 6.07) is 8.05. The number of benzene rings is 1. The molecule has 1 aliphatic heterocycles. The number of carbonyl (C=O) groups is 1. The highest BCUT2D eigenvalue weighted by atomic mass is 32.1. The Kier molecular flexibility index (Phi) is 3.68. The van der Waals surface area contributed by atoms with Crippen LogP contribution in [0.15, 0.2) is 24.3 Å². The summed E-state index contributed by atoms with van der Waals surface area (Å²) in [5.41, 5.74) is 3.26. The Morgan fingerprint density at radius 3 is 2.95 bits per heavy atom. The third-order valence-corrected chi connectivity index (χ3v) is 4.76. The van der Waals surface area contributed by atoms with Crippen molar-refractivity contribution in [2.24, 2.45) is 0 Å². The molecule has 2 aromatic rings. The van der Waals surface area contributed by atoms with Gasteiger partial charge in [0.2, 0.25) is 0 Å². The Labute approximate surface area is 122 Å². The van der Waals surface area contributed by atoms with E-state index in [9.17, 15) is 4.79 Å². The van der Waals surface area contributed by atoms with Crippen molar-refractivity contribution in [3.05, 3.63) is 51.0 Å². The molecule has 1 aliphatic rings. The Bertz CT molecular complexity index is 628. The molecular formula is C16H17NO2S. The summed E-state index contributed by atoms with van der Waals surface area (Å²) in [7, 11) is 0. The van der Waals surface area contributed by atoms with Gasteiger partial charge in [-0.05, 0) is 31.4 Å². The van der Waals surface area contributed by atoms with Gasteiger partial charge in [0.15, 0.2) is 5.78 Å². The molecule has 0 N–H and O–H groups in total. The summed E-state index contributed by atoms with van der Waals surface area (Å²) in [6.45, 7) is 4.63. The molecule has 1 unspecified atom stereocenters. The van der Waals surface area contributed by atoms with Gasteiger partial charge in [-0.1, -0.05) is 24.3 Å². The lowest BCUT2D eigenvalue weighted by atomic mass is 9.94. The van der Waals surface area contributed by atoms with Crippen molar-refractivity contribution in [1.82, 2.24) is 4.98 Å². The molecular weight excluding hydrogens is 270 g/mol. The number of ketones is 1. The van der Waals surface area contributed by atoms with E-state index in [2.05, 4.69) is 11.1 Å². The van der Waals surface area contributed by atoms with Crippen molar-refractivity contribution in [2.45, 2.75) is 32.8 Å². The molecule has 1 atom stereocenters. The highest BCUT2D eigenvalue weighted by Crippen LogP contribution is 2.29. The van der Waals surface area contributed by atoms with E-state index in [4.69, 9.17) is 4.74 Å². The van der Waals surface area contributed by atoms with Crippen molar-refractivity contribution < 1.29 is 9.53 Å². The van der Waals surface area contributed by atoms with Gasteiger partial charge in [-0.15, -0.1) is 11.3 Å². The van der Waals surface area contributed by atoms with Crippen LogP contribution >= 0.6 is 11.3 Å². The summed E-state index contributed by atoms with van der Waals surface area (Å²) in [5, 5.41) is 0.886. The van der Waals surface area contributed by atoms with Crippen LogP contribution in [0, 0.1) is 13.8 Å². The van der Waals surface area contributed by atoms with Crippen molar-refractivity contribution in [1.29, 1.82) is 0 Å². The first-order chi connectivity index (χ1) is 9.65. The molecule has 0 fully saturated rings. The maximum atomic E-state index is 12.5. The first kappa shape index (κ1) is 13.5. The van der Waals surface area contributed by atoms with Gasteiger partial charge in [0.05, 0.1) is 18.7 Å². The fraction of sp³-hybridized carbons (Fsp3) is 0.375. The van der Waals surface area contributed by atoms with E-state index < -0.39 is 6.10 Å². The Morgan fingerprint density at radius 1 is 1.40 bits per heavy atom. The molecule has 20 heavy (non-hydrogen) atoms. The van der Waals surface area contributed by atoms with Crippen LogP contribution < -0.4 is 0 Å². The lowest BCUT2D eigenvalue weighted by Crippen LogP contribution is -2.24. The second-order valence-corrected chi connectivity index (χ2v) is 6.38. The van der Waals surface area contributed by atoms with Gasteiger partial charge in [-0.2, -0.15) is 0 Å². The summed E-state index contributed by atoms with van der Waals surface area (Å²) in [4.78, 5) is 18.1. The van der Waals surface area contributed by atoms with E-state index in [0.29, 0.717) is 13.0 Å². The fourth-order valence-electron chi connectivity index (χ4n) is 2.52. The van der Waals surface area contributed by atoms with Crippen LogP contribution in [0.25, 0.3) is 0 Å². The van der Waals surface area contributed by atoms with Crippen molar-refractivity contribution in [2.75, 3.05) is 6.61 Å². The predicted molar refractivity (Wildman–Crippen MR) is 79.1 cm³/mol. The Morgan fingerprint density at radius 2 is 2.20 bits per heavy atom. The topological polar surface area (TPSA) is 39.2 Å². The summed E-state index contributed by atoms with van der Waals surface area (Å²) in [6.07, 6.45) is 0.817. The van der Waals surface area contributed by atoms with Crippen molar-refractivity contribution >= 4 is 17.1 Å². The molecule has 0 bridgehead atoms. The number of hydrogen-bond donors (Lipinski definition) is 0. The fourth-order valence-corrected chi connectivity index (χ4v) is 3.46. The maximum Gasteiger partial charge on any atom is 0.172 e. The van der Waals surface area contributed by atoms with Gasteiger partial charge in [0, 0.05) is 4.88 Å². The van der Waals surface area contributed by atoms with Gasteiger partial charge >= 0.3 is 0 Å². The van der Waals surface area contributed by atoms with Crippen LogP contribution in [-0.4, -0.2) is 17.4 Å². The first-order valence-corrected chi connectivity index (χ1v) is 7.62. The Balaban J connectivity index is 1.81. The molecule has 0 saturated heterocycles. The van der Waals surface area contributed by atoms with Crippen molar-refractivity contribution in [3.63, 3.8) is 0 Å². The SMILES string of the molecule is Cc1nc(CC(=O)C2OCCc3ccccc32)sc1C. The zero-order valence-corrected chi connectivity index (χ0v) is 12.5. The number of aromatic nitrogens is 1. The molecule has 4 heteroatoms. The molecule has 1 aromatic carbocycles. The minimum Gasteiger partial charge on any atom is -0.365 e. The second-order valence-electron chi connectivity index (χ2n) is 5.09. The molecule has 3 nitrogen and oxygen atoms in total. The number of thiazole rings is 1. The second kappa shape index (κ2) is 5.46. The van der Waals surface area contributed by atoms with Crippen LogP contribution in [0.5, 0.6) is 0 Å². The highest BCUT2D eigenvalue weighted by molar-refractivity contribution is 7.11. The normalized spacial score (nSPS) is 17.8. The third-order valence-electron chi connectivity index (χ3n) is 3.68. The summed E-state index contributed by atoms with van der Waals surface area (Å²) >= 11 is 1.60. The average Bonchev–Trinajstić information content (AvgIpc) is 2.76. The molecule has 0 spiro atoms. The number of fused-ring (bicyclic) bond motifs is 1. The van der Waals surface area contributed by atoms with Crippen LogP contribution in [0.4, 0.5) is 0 Å². The maximum absolute atomic E-state index is 12.5. The standard InChI is InChI=1S/C16H17NO2S/c1-10-11(2)20-15(17-10)9-14(18)16-13-6-4-3-5-12(13)7-8-19-16/h3-6,16H,7-9H2,1-2H3. The molecule has 0 radical (unpaired) electrons. The van der Waals surface area contributed by atoms with E-state index in [-0.39, 0.29) is 5.78 Å². The summed E-state index contributed by atoms with van der Waals surface area (Å²) in [5.74, 6) is 0.103. The largest absolute Gasteiger partial charge is 0.365 e. The Hall–Kier alpha value is -1.52. The zero-order chi connectivity index (χ0) is 14.1. The quantitative estimate of drug-likeness (QED) is 0.870. The number of Topliss-reactive ketones (excluding diaryl/α,β-unsaturated/α-hetero) is 1. The molecule has 3 rings (SSSR count). The van der Waals surface area contributed by atoms with Gasteiger partial charge in [-0.3, -0.25) is 4.79 Å². The molecule has 2 heterocycles. The highest BCUT2D eigenvalue weighted by Gasteiger charge is 2.27. The third kappa shape index (κ3) is 2.53. The van der Waals surface area contributed by atoms with Crippen LogP contribution in [-0.2, 0) is 22.4 Å². The average molecular weight is 287 g/mol. The van der Waals surface area contributed by atoms with Gasteiger partial charge < -0.3 is 4.74 Å². The first-order valence-electron chi connectivity index (χ1n) is 6.80. The minimum atomic E-state index is -0.426. The summed E-state index contributed by atoms with van der Waals surface area (Å²) < 4.78 is 5.70. The number of aryl methyl sites for hydroxylation is 2. The minimum absolute atomic E-state index is 0.103.